The van der Waals surface area contributed by atoms with Crippen LogP contribution in [0.3, 0.4) is 0 Å². The van der Waals surface area contributed by atoms with E-state index in [2.05, 4.69) is 0 Å². The second kappa shape index (κ2) is 5.28. The van der Waals surface area contributed by atoms with Gasteiger partial charge in [0.05, 0.1) is 16.7 Å². The van der Waals surface area contributed by atoms with Gasteiger partial charge in [0.15, 0.2) is 0 Å². The summed E-state index contributed by atoms with van der Waals surface area (Å²) < 4.78 is 0. The highest BCUT2D eigenvalue weighted by Crippen LogP contribution is 2.23. The van der Waals surface area contributed by atoms with Gasteiger partial charge in [0.2, 0.25) is 0 Å². The summed E-state index contributed by atoms with van der Waals surface area (Å²) in [5.74, 6) is 0. The van der Waals surface area contributed by atoms with Gasteiger partial charge < -0.3 is 0 Å². The molecule has 3 heteroatoms. The van der Waals surface area contributed by atoms with Crippen LogP contribution < -0.4 is 0 Å². The van der Waals surface area contributed by atoms with Crippen molar-refractivity contribution < 1.29 is 5.11 Å². The lowest BCUT2D eigenvalue weighted by Crippen LogP contribution is -1.76. The van der Waals surface area contributed by atoms with Crippen LogP contribution in [0.4, 0.5) is 0 Å². The van der Waals surface area contributed by atoms with Gasteiger partial charge in [-0.1, -0.05) is 41.4 Å². The number of rotatable bonds is 3. The first kappa shape index (κ1) is 10.6. The molecule has 0 unspecified atom stereocenters. The minimum Gasteiger partial charge on any atom is -0.236 e. The number of halogens is 2. The molecule has 1 aromatic carbocycles. The lowest BCUT2D eigenvalue weighted by molar-refractivity contribution is 0.199. The zero-order valence-corrected chi connectivity index (χ0v) is 8.48. The van der Waals surface area contributed by atoms with Crippen molar-refractivity contribution in [3.05, 3.63) is 39.9 Å². The van der Waals surface area contributed by atoms with E-state index in [1.54, 1.807) is 12.1 Å². The molecule has 0 amide bonds. The first-order valence-corrected chi connectivity index (χ1v) is 4.69. The predicted molar refractivity (Wildman–Crippen MR) is 55.7 cm³/mol. The molecule has 0 bridgehead atoms. The quantitative estimate of drug-likeness (QED) is 0.731. The third-order valence-electron chi connectivity index (χ3n) is 1.54. The Bertz CT molecular complexity index is 308. The van der Waals surface area contributed by atoms with Crippen molar-refractivity contribution in [2.75, 3.05) is 6.61 Å². The minimum atomic E-state index is -0.0855. The molecule has 0 fully saturated rings. The monoisotopic (exact) mass is 215 g/mol. The van der Waals surface area contributed by atoms with Gasteiger partial charge in [-0.15, -0.1) is 0 Å². The Morgan fingerprint density at radius 2 is 2.00 bits per heavy atom. The van der Waals surface area contributed by atoms with Crippen LogP contribution in [0.1, 0.15) is 12.0 Å². The Kier molecular flexibility index (Phi) is 4.29. The maximum Gasteiger partial charge on any atom is 0.0856 e. The SMILES string of the molecule is [O]CC/C=C/c1ccc(Cl)c(Cl)c1. The summed E-state index contributed by atoms with van der Waals surface area (Å²) in [6.07, 6.45) is 4.23. The van der Waals surface area contributed by atoms with Crippen LogP contribution >= 0.6 is 23.2 Å². The molecule has 1 radical (unpaired) electrons. The Labute approximate surface area is 87.6 Å². The van der Waals surface area contributed by atoms with Crippen LogP contribution in [0.2, 0.25) is 10.0 Å². The topological polar surface area (TPSA) is 19.9 Å². The van der Waals surface area contributed by atoms with E-state index in [1.165, 1.54) is 0 Å². The molecular formula is C10H9Cl2O. The fraction of sp³-hybridized carbons (Fsp3) is 0.200. The Morgan fingerprint density at radius 3 is 2.62 bits per heavy atom. The van der Waals surface area contributed by atoms with Crippen LogP contribution in [0.25, 0.3) is 6.08 Å². The van der Waals surface area contributed by atoms with Crippen molar-refractivity contribution in [2.24, 2.45) is 0 Å². The zero-order chi connectivity index (χ0) is 9.68. The molecule has 0 N–H and O–H groups in total. The molecule has 13 heavy (non-hydrogen) atoms. The summed E-state index contributed by atoms with van der Waals surface area (Å²) in [6.45, 7) is -0.0855. The molecule has 0 saturated heterocycles. The Morgan fingerprint density at radius 1 is 1.23 bits per heavy atom. The van der Waals surface area contributed by atoms with E-state index >= 15 is 0 Å². The number of hydrogen-bond donors (Lipinski definition) is 0. The third kappa shape index (κ3) is 3.39. The molecule has 1 rings (SSSR count). The van der Waals surface area contributed by atoms with E-state index in [9.17, 15) is 5.11 Å². The van der Waals surface area contributed by atoms with Crippen LogP contribution in [0.15, 0.2) is 24.3 Å². The molecule has 0 saturated carbocycles. The average molecular weight is 216 g/mol. The van der Waals surface area contributed by atoms with Gasteiger partial charge in [-0.05, 0) is 24.1 Å². The predicted octanol–water partition coefficient (Wildman–Crippen LogP) is 3.83. The molecule has 0 atom stereocenters. The van der Waals surface area contributed by atoms with Crippen molar-refractivity contribution >= 4 is 29.3 Å². The highest BCUT2D eigenvalue weighted by atomic mass is 35.5. The second-order valence-corrected chi connectivity index (χ2v) is 3.38. The van der Waals surface area contributed by atoms with E-state index in [0.717, 1.165) is 5.56 Å². The van der Waals surface area contributed by atoms with Crippen LogP contribution in [0, 0.1) is 0 Å². The van der Waals surface area contributed by atoms with E-state index in [1.807, 2.05) is 18.2 Å². The first-order chi connectivity index (χ1) is 6.24. The summed E-state index contributed by atoms with van der Waals surface area (Å²) >= 11 is 11.5. The van der Waals surface area contributed by atoms with E-state index in [-0.39, 0.29) is 6.61 Å². The lowest BCUT2D eigenvalue weighted by Gasteiger charge is -1.96. The summed E-state index contributed by atoms with van der Waals surface area (Å²) in [5.41, 5.74) is 0.961. The van der Waals surface area contributed by atoms with Gasteiger partial charge in [-0.25, -0.2) is 5.11 Å². The average Bonchev–Trinajstić information content (AvgIpc) is 2.12. The smallest absolute Gasteiger partial charge is 0.0856 e. The van der Waals surface area contributed by atoms with E-state index < -0.39 is 0 Å². The minimum absolute atomic E-state index is 0.0855. The number of benzene rings is 1. The highest BCUT2D eigenvalue weighted by Gasteiger charge is 1.95. The summed E-state index contributed by atoms with van der Waals surface area (Å²) in [5, 5.41) is 11.2. The van der Waals surface area contributed by atoms with Crippen LogP contribution in [-0.4, -0.2) is 6.61 Å². The maximum absolute atomic E-state index is 10.1. The van der Waals surface area contributed by atoms with Gasteiger partial charge in [-0.3, -0.25) is 0 Å². The third-order valence-corrected chi connectivity index (χ3v) is 2.28. The standard InChI is InChI=1S/C10H9Cl2O/c11-9-5-4-8(7-10(9)12)3-1-2-6-13/h1,3-5,7H,2,6H2/b3-1+. The molecule has 0 aliphatic heterocycles. The fourth-order valence-corrected chi connectivity index (χ4v) is 1.21. The molecule has 0 aromatic heterocycles. The second-order valence-electron chi connectivity index (χ2n) is 2.57. The van der Waals surface area contributed by atoms with Gasteiger partial charge in [0.1, 0.15) is 0 Å². The lowest BCUT2D eigenvalue weighted by atomic mass is 10.2. The van der Waals surface area contributed by atoms with Crippen molar-refractivity contribution in [2.45, 2.75) is 6.42 Å². The van der Waals surface area contributed by atoms with Crippen molar-refractivity contribution in [1.29, 1.82) is 0 Å². The van der Waals surface area contributed by atoms with Gasteiger partial charge in [0.25, 0.3) is 0 Å². The fourth-order valence-electron chi connectivity index (χ4n) is 0.904. The Hall–Kier alpha value is -0.500. The molecule has 0 aliphatic carbocycles. The van der Waals surface area contributed by atoms with Crippen molar-refractivity contribution in [1.82, 2.24) is 0 Å². The largest absolute Gasteiger partial charge is 0.236 e. The summed E-state index contributed by atoms with van der Waals surface area (Å²) in [6, 6.07) is 5.36. The first-order valence-electron chi connectivity index (χ1n) is 3.93. The zero-order valence-electron chi connectivity index (χ0n) is 6.97. The van der Waals surface area contributed by atoms with Gasteiger partial charge in [0, 0.05) is 0 Å². The van der Waals surface area contributed by atoms with Crippen LogP contribution in [0.5, 0.6) is 0 Å². The highest BCUT2D eigenvalue weighted by molar-refractivity contribution is 6.42. The van der Waals surface area contributed by atoms with E-state index in [0.29, 0.717) is 16.5 Å². The van der Waals surface area contributed by atoms with Crippen molar-refractivity contribution in [3.8, 4) is 0 Å². The molecule has 69 valence electrons. The molecule has 0 spiro atoms. The Balaban J connectivity index is 2.73. The number of hydrogen-bond acceptors (Lipinski definition) is 0. The summed E-state index contributed by atoms with van der Waals surface area (Å²) in [7, 11) is 0. The van der Waals surface area contributed by atoms with Crippen molar-refractivity contribution in [3.63, 3.8) is 0 Å². The molecule has 1 nitrogen and oxygen atoms in total. The van der Waals surface area contributed by atoms with Crippen LogP contribution in [-0.2, 0) is 5.11 Å². The van der Waals surface area contributed by atoms with Gasteiger partial charge in [-0.2, -0.15) is 0 Å². The molecule has 0 heterocycles. The molecular weight excluding hydrogens is 207 g/mol. The molecule has 1 aromatic rings. The normalized spacial score (nSPS) is 11.0. The summed E-state index contributed by atoms with van der Waals surface area (Å²) in [4.78, 5) is 0. The maximum atomic E-state index is 10.1. The van der Waals surface area contributed by atoms with E-state index in [4.69, 9.17) is 23.2 Å². The molecule has 0 aliphatic rings. The van der Waals surface area contributed by atoms with Gasteiger partial charge >= 0.3 is 0 Å².